The molecule has 2 aliphatic rings. The molecule has 4 rings (SSSR count). The number of alkyl halides is 3. The highest BCUT2D eigenvalue weighted by Crippen LogP contribution is 2.35. The molecule has 1 aromatic heterocycles. The summed E-state index contributed by atoms with van der Waals surface area (Å²) in [6.45, 7) is 0.572. The second-order valence-corrected chi connectivity index (χ2v) is 9.58. The van der Waals surface area contributed by atoms with Crippen molar-refractivity contribution >= 4 is 27.7 Å². The van der Waals surface area contributed by atoms with Crippen LogP contribution < -0.4 is 10.6 Å². The maximum atomic E-state index is 13.3. The number of rotatable bonds is 4. The molecular formula is C19H18ClF3N4O4S. The molecule has 2 atom stereocenters. The Morgan fingerprint density at radius 3 is 2.53 bits per heavy atom. The summed E-state index contributed by atoms with van der Waals surface area (Å²) >= 11 is 5.80. The van der Waals surface area contributed by atoms with E-state index >= 15 is 0 Å². The molecule has 1 aromatic carbocycles. The van der Waals surface area contributed by atoms with E-state index in [-0.39, 0.29) is 41.5 Å². The molecule has 0 spiro atoms. The molecule has 0 saturated carbocycles. The maximum Gasteiger partial charge on any atom is 0.416 e. The van der Waals surface area contributed by atoms with Crippen LogP contribution in [0.2, 0.25) is 5.15 Å². The van der Waals surface area contributed by atoms with E-state index in [4.69, 9.17) is 16.3 Å². The number of aromatic nitrogens is 1. The number of pyridine rings is 1. The number of sulfonamides is 1. The van der Waals surface area contributed by atoms with Crippen molar-refractivity contribution in [3.8, 4) is 0 Å². The van der Waals surface area contributed by atoms with Crippen molar-refractivity contribution in [1.82, 2.24) is 19.9 Å². The summed E-state index contributed by atoms with van der Waals surface area (Å²) in [5.41, 5.74) is -0.429. The number of carbonyl (C=O) groups is 1. The molecule has 2 aliphatic heterocycles. The van der Waals surface area contributed by atoms with Gasteiger partial charge in [0.15, 0.2) is 0 Å². The van der Waals surface area contributed by atoms with Crippen LogP contribution in [0.25, 0.3) is 0 Å². The van der Waals surface area contributed by atoms with Gasteiger partial charge >= 0.3 is 12.3 Å². The van der Waals surface area contributed by atoms with Crippen LogP contribution in [0, 0.1) is 0 Å². The number of alkyl carbamates (subject to hydrolysis) is 1. The standard InChI is InChI=1S/C19H18ClF3N4O4S/c20-17-8-12(19(21,22)23)7-14(25-17)16-9-24-5-6-27(16)32(29,30)13-3-1-11(2-4-13)15-10-31-18(28)26-15/h1-4,7-8,15-16,24H,5-6,9-10H2,(H,26,28). The fourth-order valence-corrected chi connectivity index (χ4v) is 5.46. The molecule has 0 radical (unpaired) electrons. The number of ether oxygens (including phenoxy) is 1. The van der Waals surface area contributed by atoms with E-state index in [1.54, 1.807) is 12.1 Å². The average molecular weight is 491 g/mol. The van der Waals surface area contributed by atoms with Crippen LogP contribution in [0.3, 0.4) is 0 Å². The lowest BCUT2D eigenvalue weighted by Gasteiger charge is -2.35. The molecule has 2 saturated heterocycles. The quantitative estimate of drug-likeness (QED) is 0.639. The summed E-state index contributed by atoms with van der Waals surface area (Å²) in [7, 11) is -4.06. The first kappa shape index (κ1) is 22.8. The van der Waals surface area contributed by atoms with E-state index in [2.05, 4.69) is 15.6 Å². The zero-order valence-corrected chi connectivity index (χ0v) is 18.0. The summed E-state index contributed by atoms with van der Waals surface area (Å²) in [6.07, 6.45) is -5.20. The van der Waals surface area contributed by atoms with Crippen LogP contribution in [0.15, 0.2) is 41.3 Å². The topological polar surface area (TPSA) is 101 Å². The van der Waals surface area contributed by atoms with E-state index < -0.39 is 33.9 Å². The zero-order valence-electron chi connectivity index (χ0n) is 16.4. The Hall–Kier alpha value is -2.41. The van der Waals surface area contributed by atoms with Gasteiger partial charge in [0.05, 0.1) is 28.2 Å². The summed E-state index contributed by atoms with van der Waals surface area (Å²) < 4.78 is 72.3. The number of nitrogens with zero attached hydrogens (tertiary/aromatic N) is 2. The number of amides is 1. The molecule has 0 bridgehead atoms. The first-order valence-electron chi connectivity index (χ1n) is 9.56. The van der Waals surface area contributed by atoms with Crippen LogP contribution in [0.1, 0.15) is 28.9 Å². The van der Waals surface area contributed by atoms with Crippen LogP contribution >= 0.6 is 11.6 Å². The van der Waals surface area contributed by atoms with Gasteiger partial charge in [-0.15, -0.1) is 0 Å². The fourth-order valence-electron chi connectivity index (χ4n) is 3.65. The first-order valence-corrected chi connectivity index (χ1v) is 11.4. The predicted molar refractivity (Wildman–Crippen MR) is 107 cm³/mol. The predicted octanol–water partition coefficient (Wildman–Crippen LogP) is 2.87. The van der Waals surface area contributed by atoms with Gasteiger partial charge in [-0.25, -0.2) is 18.2 Å². The summed E-state index contributed by atoms with van der Waals surface area (Å²) in [5.74, 6) is 0. The molecule has 2 aromatic rings. The number of carbonyl (C=O) groups excluding carboxylic acids is 1. The number of hydrogen-bond donors (Lipinski definition) is 2. The Labute approximate surface area is 186 Å². The molecular weight excluding hydrogens is 473 g/mol. The molecule has 2 unspecified atom stereocenters. The van der Waals surface area contributed by atoms with Crippen molar-refractivity contribution in [3.63, 3.8) is 0 Å². The fraction of sp³-hybridized carbons (Fsp3) is 0.368. The molecule has 2 fully saturated rings. The normalized spacial score (nSPS) is 22.4. The summed E-state index contributed by atoms with van der Waals surface area (Å²) in [4.78, 5) is 15.1. The first-order chi connectivity index (χ1) is 15.1. The van der Waals surface area contributed by atoms with Gasteiger partial charge in [0.2, 0.25) is 10.0 Å². The molecule has 3 heterocycles. The maximum absolute atomic E-state index is 13.3. The van der Waals surface area contributed by atoms with Crippen LogP contribution in [0.5, 0.6) is 0 Å². The van der Waals surface area contributed by atoms with Gasteiger partial charge in [-0.2, -0.15) is 17.5 Å². The monoisotopic (exact) mass is 490 g/mol. The number of nitrogens with one attached hydrogen (secondary N) is 2. The third-order valence-corrected chi connectivity index (χ3v) is 7.36. The van der Waals surface area contributed by atoms with Gasteiger partial charge in [0.1, 0.15) is 11.8 Å². The summed E-state index contributed by atoms with van der Waals surface area (Å²) in [6, 6.07) is 6.05. The number of halogens is 4. The average Bonchev–Trinajstić information content (AvgIpc) is 3.19. The van der Waals surface area contributed by atoms with Crippen molar-refractivity contribution in [2.45, 2.75) is 23.2 Å². The molecule has 32 heavy (non-hydrogen) atoms. The van der Waals surface area contributed by atoms with E-state index in [9.17, 15) is 26.4 Å². The van der Waals surface area contributed by atoms with E-state index in [0.29, 0.717) is 18.2 Å². The number of cyclic esters (lactones) is 1. The second kappa shape index (κ2) is 8.50. The van der Waals surface area contributed by atoms with Crippen LogP contribution in [-0.2, 0) is 20.9 Å². The van der Waals surface area contributed by atoms with E-state index in [0.717, 1.165) is 10.4 Å². The van der Waals surface area contributed by atoms with Crippen molar-refractivity contribution in [2.75, 3.05) is 26.2 Å². The van der Waals surface area contributed by atoms with Gasteiger partial charge in [0, 0.05) is 19.6 Å². The zero-order chi connectivity index (χ0) is 23.1. The Kier molecular flexibility index (Phi) is 6.05. The highest BCUT2D eigenvalue weighted by Gasteiger charge is 2.38. The second-order valence-electron chi connectivity index (χ2n) is 7.30. The van der Waals surface area contributed by atoms with Crippen LogP contribution in [0.4, 0.5) is 18.0 Å². The summed E-state index contributed by atoms with van der Waals surface area (Å²) in [5, 5.41) is 5.22. The number of hydrogen-bond acceptors (Lipinski definition) is 6. The minimum absolute atomic E-state index is 0.0311. The molecule has 1 amide bonds. The highest BCUT2D eigenvalue weighted by molar-refractivity contribution is 7.89. The van der Waals surface area contributed by atoms with Gasteiger partial charge in [0.25, 0.3) is 0 Å². The third-order valence-electron chi connectivity index (χ3n) is 5.24. The van der Waals surface area contributed by atoms with E-state index in [1.165, 1.54) is 12.1 Å². The van der Waals surface area contributed by atoms with E-state index in [1.807, 2.05) is 0 Å². The molecule has 172 valence electrons. The lowest BCUT2D eigenvalue weighted by molar-refractivity contribution is -0.137. The van der Waals surface area contributed by atoms with Crippen molar-refractivity contribution < 1.29 is 31.1 Å². The van der Waals surface area contributed by atoms with Gasteiger partial charge < -0.3 is 15.4 Å². The van der Waals surface area contributed by atoms with Crippen LogP contribution in [-0.4, -0.2) is 50.0 Å². The molecule has 8 nitrogen and oxygen atoms in total. The lowest BCUT2D eigenvalue weighted by Crippen LogP contribution is -2.48. The third kappa shape index (κ3) is 4.53. The molecule has 2 N–H and O–H groups in total. The van der Waals surface area contributed by atoms with Crippen molar-refractivity contribution in [2.24, 2.45) is 0 Å². The Bertz CT molecular complexity index is 1130. The van der Waals surface area contributed by atoms with Gasteiger partial charge in [-0.3, -0.25) is 0 Å². The lowest BCUT2D eigenvalue weighted by atomic mass is 10.1. The van der Waals surface area contributed by atoms with Gasteiger partial charge in [-0.05, 0) is 29.8 Å². The highest BCUT2D eigenvalue weighted by atomic mass is 35.5. The Morgan fingerprint density at radius 1 is 1.19 bits per heavy atom. The molecule has 13 heteroatoms. The largest absolute Gasteiger partial charge is 0.447 e. The SMILES string of the molecule is O=C1NC(c2ccc(S(=O)(=O)N3CCNCC3c3cc(C(F)(F)F)cc(Cl)n3)cc2)CO1. The molecule has 0 aliphatic carbocycles. The van der Waals surface area contributed by atoms with Gasteiger partial charge in [-0.1, -0.05) is 23.7 Å². The minimum Gasteiger partial charge on any atom is -0.447 e. The Morgan fingerprint density at radius 2 is 1.91 bits per heavy atom. The van der Waals surface area contributed by atoms with Crippen molar-refractivity contribution in [1.29, 1.82) is 0 Å². The number of benzene rings is 1. The van der Waals surface area contributed by atoms with Crippen molar-refractivity contribution in [3.05, 3.63) is 58.4 Å². The minimum atomic E-state index is -4.65. The number of piperazine rings is 1. The smallest absolute Gasteiger partial charge is 0.416 e. The Balaban J connectivity index is 1.65.